The van der Waals surface area contributed by atoms with Gasteiger partial charge in [-0.1, -0.05) is 19.1 Å². The van der Waals surface area contributed by atoms with Crippen molar-refractivity contribution in [1.82, 2.24) is 4.90 Å². The van der Waals surface area contributed by atoms with Gasteiger partial charge in [-0.05, 0) is 24.1 Å². The second kappa shape index (κ2) is 5.48. The molecule has 3 nitrogen and oxygen atoms in total. The van der Waals surface area contributed by atoms with E-state index in [0.717, 1.165) is 18.5 Å². The predicted molar refractivity (Wildman–Crippen MR) is 68.6 cm³/mol. The predicted octanol–water partition coefficient (Wildman–Crippen LogP) is 1.88. The molecule has 1 aromatic carbocycles. The quantitative estimate of drug-likeness (QED) is 0.871. The molecule has 1 aliphatic heterocycles. The van der Waals surface area contributed by atoms with Crippen LogP contribution in [0.4, 0.5) is 4.39 Å². The van der Waals surface area contributed by atoms with Crippen molar-refractivity contribution >= 4 is 5.91 Å². The zero-order valence-electron chi connectivity index (χ0n) is 10.6. The van der Waals surface area contributed by atoms with Gasteiger partial charge in [-0.2, -0.15) is 0 Å². The highest BCUT2D eigenvalue weighted by Crippen LogP contribution is 2.27. The van der Waals surface area contributed by atoms with Crippen LogP contribution in [0.1, 0.15) is 31.2 Å². The lowest BCUT2D eigenvalue weighted by Crippen LogP contribution is -2.49. The summed E-state index contributed by atoms with van der Waals surface area (Å²) < 4.78 is 12.9. The number of nitrogens with zero attached hydrogens (tertiary/aromatic N) is 1. The summed E-state index contributed by atoms with van der Waals surface area (Å²) in [6.07, 6.45) is 1.37. The lowest BCUT2D eigenvalue weighted by molar-refractivity contribution is -0.132. The van der Waals surface area contributed by atoms with Crippen LogP contribution in [0, 0.1) is 5.82 Å². The van der Waals surface area contributed by atoms with Crippen molar-refractivity contribution in [3.8, 4) is 0 Å². The van der Waals surface area contributed by atoms with Gasteiger partial charge in [0.05, 0.1) is 0 Å². The summed E-state index contributed by atoms with van der Waals surface area (Å²) in [6.45, 7) is 3.19. The van der Waals surface area contributed by atoms with Crippen LogP contribution >= 0.6 is 0 Å². The Hall–Kier alpha value is -1.42. The molecule has 0 aliphatic carbocycles. The zero-order chi connectivity index (χ0) is 13.1. The number of carbonyl (C=O) groups excluding carboxylic acids is 1. The van der Waals surface area contributed by atoms with Crippen LogP contribution in [0.5, 0.6) is 0 Å². The number of nitrogens with two attached hydrogens (primary N) is 1. The van der Waals surface area contributed by atoms with Gasteiger partial charge < -0.3 is 10.6 Å². The van der Waals surface area contributed by atoms with Crippen LogP contribution < -0.4 is 5.73 Å². The summed E-state index contributed by atoms with van der Waals surface area (Å²) >= 11 is 0. The molecule has 2 N–H and O–H groups in total. The third-order valence-electron chi connectivity index (χ3n) is 3.61. The molecule has 0 saturated carbocycles. The van der Waals surface area contributed by atoms with Crippen molar-refractivity contribution < 1.29 is 9.18 Å². The first kappa shape index (κ1) is 13.0. The topological polar surface area (TPSA) is 46.3 Å². The second-order valence-corrected chi connectivity index (χ2v) is 4.80. The molecule has 0 spiro atoms. The summed E-state index contributed by atoms with van der Waals surface area (Å²) in [6, 6.07) is 6.44. The van der Waals surface area contributed by atoms with E-state index in [1.807, 2.05) is 11.8 Å². The summed E-state index contributed by atoms with van der Waals surface area (Å²) in [4.78, 5) is 13.4. The molecule has 1 amide bonds. The Labute approximate surface area is 107 Å². The number of hydrogen-bond acceptors (Lipinski definition) is 2. The Morgan fingerprint density at radius 3 is 2.67 bits per heavy atom. The summed E-state index contributed by atoms with van der Waals surface area (Å²) in [5.41, 5.74) is 7.21. The average molecular weight is 250 g/mol. The van der Waals surface area contributed by atoms with Gasteiger partial charge >= 0.3 is 0 Å². The van der Waals surface area contributed by atoms with Crippen molar-refractivity contribution in [2.75, 3.05) is 13.1 Å². The third-order valence-corrected chi connectivity index (χ3v) is 3.61. The van der Waals surface area contributed by atoms with Gasteiger partial charge in [-0.3, -0.25) is 4.79 Å². The van der Waals surface area contributed by atoms with Crippen LogP contribution in [-0.2, 0) is 4.79 Å². The molecule has 1 aliphatic rings. The van der Waals surface area contributed by atoms with Gasteiger partial charge in [0, 0.05) is 31.5 Å². The van der Waals surface area contributed by atoms with E-state index < -0.39 is 0 Å². The third kappa shape index (κ3) is 2.70. The minimum absolute atomic E-state index is 0.0697. The van der Waals surface area contributed by atoms with E-state index >= 15 is 0 Å². The van der Waals surface area contributed by atoms with Crippen molar-refractivity contribution in [2.24, 2.45) is 5.73 Å². The largest absolute Gasteiger partial charge is 0.341 e. The van der Waals surface area contributed by atoms with E-state index in [-0.39, 0.29) is 23.7 Å². The van der Waals surface area contributed by atoms with Gasteiger partial charge in [0.1, 0.15) is 5.82 Å². The number of carbonyl (C=O) groups is 1. The number of rotatable bonds is 2. The molecule has 98 valence electrons. The molecule has 4 heteroatoms. The Balaban J connectivity index is 2.05. The van der Waals surface area contributed by atoms with Crippen LogP contribution in [-0.4, -0.2) is 29.9 Å². The van der Waals surface area contributed by atoms with E-state index in [2.05, 4.69) is 0 Å². The number of hydrogen-bond donors (Lipinski definition) is 1. The number of benzene rings is 1. The highest BCUT2D eigenvalue weighted by atomic mass is 19.1. The molecule has 1 fully saturated rings. The Morgan fingerprint density at radius 2 is 2.11 bits per heavy atom. The van der Waals surface area contributed by atoms with E-state index in [4.69, 9.17) is 5.73 Å². The first-order valence-corrected chi connectivity index (χ1v) is 6.40. The second-order valence-electron chi connectivity index (χ2n) is 4.80. The molecule has 2 rings (SSSR count). The molecule has 1 saturated heterocycles. The first-order chi connectivity index (χ1) is 8.61. The summed E-state index contributed by atoms with van der Waals surface area (Å²) in [5, 5.41) is 0. The minimum atomic E-state index is -0.231. The fourth-order valence-corrected chi connectivity index (χ4v) is 2.56. The fraction of sp³-hybridized carbons (Fsp3) is 0.500. The maximum absolute atomic E-state index is 12.9. The smallest absolute Gasteiger partial charge is 0.222 e. The van der Waals surface area contributed by atoms with Crippen molar-refractivity contribution in [3.63, 3.8) is 0 Å². The van der Waals surface area contributed by atoms with Crippen LogP contribution in [0.2, 0.25) is 0 Å². The van der Waals surface area contributed by atoms with Crippen molar-refractivity contribution in [3.05, 3.63) is 35.6 Å². The van der Waals surface area contributed by atoms with Gasteiger partial charge in [-0.15, -0.1) is 0 Å². The Morgan fingerprint density at radius 1 is 1.44 bits per heavy atom. The molecule has 2 atom stereocenters. The molecule has 0 radical (unpaired) electrons. The Bertz CT molecular complexity index is 418. The molecule has 0 aromatic heterocycles. The lowest BCUT2D eigenvalue weighted by Gasteiger charge is -2.37. The standard InChI is InChI=1S/C14H19FN2O/c1-2-14(18)17-8-7-12(13(16)9-17)10-3-5-11(15)6-4-10/h3-6,12-13H,2,7-9,16H2,1H3. The molecule has 18 heavy (non-hydrogen) atoms. The monoisotopic (exact) mass is 250 g/mol. The zero-order valence-corrected chi connectivity index (χ0v) is 10.6. The number of amides is 1. The lowest BCUT2D eigenvalue weighted by atomic mass is 9.85. The average Bonchev–Trinajstić information content (AvgIpc) is 2.39. The van der Waals surface area contributed by atoms with E-state index in [9.17, 15) is 9.18 Å². The maximum atomic E-state index is 12.9. The number of likely N-dealkylation sites (tertiary alicyclic amines) is 1. The summed E-state index contributed by atoms with van der Waals surface area (Å²) in [5.74, 6) is 0.139. The molecule has 0 bridgehead atoms. The molecule has 1 heterocycles. The molecule has 1 aromatic rings. The first-order valence-electron chi connectivity index (χ1n) is 6.40. The van der Waals surface area contributed by atoms with Crippen LogP contribution in [0.3, 0.4) is 0 Å². The minimum Gasteiger partial charge on any atom is -0.341 e. The maximum Gasteiger partial charge on any atom is 0.222 e. The number of halogens is 1. The SMILES string of the molecule is CCC(=O)N1CCC(c2ccc(F)cc2)C(N)C1. The van der Waals surface area contributed by atoms with Gasteiger partial charge in [-0.25, -0.2) is 4.39 Å². The van der Waals surface area contributed by atoms with Crippen molar-refractivity contribution in [1.29, 1.82) is 0 Å². The van der Waals surface area contributed by atoms with E-state index in [1.165, 1.54) is 12.1 Å². The van der Waals surface area contributed by atoms with E-state index in [0.29, 0.717) is 13.0 Å². The van der Waals surface area contributed by atoms with Gasteiger partial charge in [0.15, 0.2) is 0 Å². The van der Waals surface area contributed by atoms with Gasteiger partial charge in [0.2, 0.25) is 5.91 Å². The number of piperidine rings is 1. The van der Waals surface area contributed by atoms with Gasteiger partial charge in [0.25, 0.3) is 0 Å². The Kier molecular flexibility index (Phi) is 3.97. The van der Waals surface area contributed by atoms with E-state index in [1.54, 1.807) is 12.1 Å². The summed E-state index contributed by atoms with van der Waals surface area (Å²) in [7, 11) is 0. The molecule has 2 unspecified atom stereocenters. The molecular weight excluding hydrogens is 231 g/mol. The van der Waals surface area contributed by atoms with Crippen molar-refractivity contribution in [2.45, 2.75) is 31.7 Å². The highest BCUT2D eigenvalue weighted by molar-refractivity contribution is 5.76. The van der Waals surface area contributed by atoms with Crippen LogP contribution in [0.15, 0.2) is 24.3 Å². The highest BCUT2D eigenvalue weighted by Gasteiger charge is 2.29. The van der Waals surface area contributed by atoms with Crippen LogP contribution in [0.25, 0.3) is 0 Å². The normalized spacial score (nSPS) is 24.1. The fourth-order valence-electron chi connectivity index (χ4n) is 2.56. The molecular formula is C14H19FN2O.